The molecule has 0 aliphatic carbocycles. The predicted octanol–water partition coefficient (Wildman–Crippen LogP) is 1.39. The molecular formula is C12H13N3O2S. The van der Waals surface area contributed by atoms with Gasteiger partial charge in [-0.1, -0.05) is 18.2 Å². The molecule has 6 heteroatoms. The SMILES string of the molecule is N#C/C(=N\S(=O)(=O)c1ccccc1)N1CCCC1. The van der Waals surface area contributed by atoms with Crippen molar-refractivity contribution in [2.24, 2.45) is 4.40 Å². The number of likely N-dealkylation sites (tertiary alicyclic amines) is 1. The summed E-state index contributed by atoms with van der Waals surface area (Å²) in [6.45, 7) is 1.38. The fraction of sp³-hybridized carbons (Fsp3) is 0.333. The lowest BCUT2D eigenvalue weighted by Crippen LogP contribution is -2.27. The minimum atomic E-state index is -3.79. The highest BCUT2D eigenvalue weighted by atomic mass is 32.2. The Morgan fingerprint density at radius 2 is 1.83 bits per heavy atom. The van der Waals surface area contributed by atoms with Gasteiger partial charge in [0, 0.05) is 13.1 Å². The van der Waals surface area contributed by atoms with Crippen LogP contribution in [-0.2, 0) is 10.0 Å². The summed E-state index contributed by atoms with van der Waals surface area (Å²) in [6, 6.07) is 9.80. The number of sulfonamides is 1. The molecule has 0 radical (unpaired) electrons. The van der Waals surface area contributed by atoms with Gasteiger partial charge in [-0.05, 0) is 25.0 Å². The van der Waals surface area contributed by atoms with Gasteiger partial charge in [0.1, 0.15) is 6.07 Å². The van der Waals surface area contributed by atoms with Crippen LogP contribution in [0.15, 0.2) is 39.6 Å². The molecule has 1 aromatic rings. The van der Waals surface area contributed by atoms with E-state index in [2.05, 4.69) is 4.40 Å². The van der Waals surface area contributed by atoms with E-state index in [9.17, 15) is 8.42 Å². The Morgan fingerprint density at radius 1 is 1.22 bits per heavy atom. The van der Waals surface area contributed by atoms with Crippen LogP contribution < -0.4 is 0 Å². The van der Waals surface area contributed by atoms with Crippen molar-refractivity contribution in [3.05, 3.63) is 30.3 Å². The fourth-order valence-electron chi connectivity index (χ4n) is 1.84. The summed E-state index contributed by atoms with van der Waals surface area (Å²) in [4.78, 5) is 1.82. The second-order valence-corrected chi connectivity index (χ2v) is 5.61. The van der Waals surface area contributed by atoms with Crippen molar-refractivity contribution in [2.75, 3.05) is 13.1 Å². The van der Waals surface area contributed by atoms with E-state index in [0.29, 0.717) is 13.1 Å². The third-order valence-electron chi connectivity index (χ3n) is 2.75. The van der Waals surface area contributed by atoms with Crippen molar-refractivity contribution in [1.82, 2.24) is 4.90 Å². The van der Waals surface area contributed by atoms with E-state index in [0.717, 1.165) is 12.8 Å². The first-order valence-electron chi connectivity index (χ1n) is 5.68. The summed E-state index contributed by atoms with van der Waals surface area (Å²) in [5.41, 5.74) is 0. The van der Waals surface area contributed by atoms with E-state index >= 15 is 0 Å². The van der Waals surface area contributed by atoms with Crippen LogP contribution in [0.1, 0.15) is 12.8 Å². The van der Waals surface area contributed by atoms with Crippen molar-refractivity contribution in [1.29, 1.82) is 5.26 Å². The quantitative estimate of drug-likeness (QED) is 0.597. The first-order chi connectivity index (χ1) is 8.63. The first-order valence-corrected chi connectivity index (χ1v) is 7.12. The largest absolute Gasteiger partial charge is 0.347 e. The van der Waals surface area contributed by atoms with Crippen LogP contribution in [0.4, 0.5) is 0 Å². The van der Waals surface area contributed by atoms with Gasteiger partial charge >= 0.3 is 0 Å². The van der Waals surface area contributed by atoms with Crippen LogP contribution in [0, 0.1) is 11.3 Å². The summed E-state index contributed by atoms with van der Waals surface area (Å²) in [5.74, 6) is -0.0173. The third kappa shape index (κ3) is 2.68. The maximum absolute atomic E-state index is 12.0. The Labute approximate surface area is 106 Å². The van der Waals surface area contributed by atoms with Crippen molar-refractivity contribution >= 4 is 15.9 Å². The van der Waals surface area contributed by atoms with E-state index in [4.69, 9.17) is 5.26 Å². The Hall–Kier alpha value is -1.87. The molecule has 0 atom stereocenters. The van der Waals surface area contributed by atoms with Crippen LogP contribution in [0.5, 0.6) is 0 Å². The van der Waals surface area contributed by atoms with Gasteiger partial charge < -0.3 is 4.90 Å². The van der Waals surface area contributed by atoms with Gasteiger partial charge in [-0.15, -0.1) is 4.40 Å². The summed E-state index contributed by atoms with van der Waals surface area (Å²) in [7, 11) is -3.79. The highest BCUT2D eigenvalue weighted by Gasteiger charge is 2.20. The Morgan fingerprint density at radius 3 is 2.39 bits per heavy atom. The van der Waals surface area contributed by atoms with Gasteiger partial charge in [-0.2, -0.15) is 13.7 Å². The monoisotopic (exact) mass is 263 g/mol. The Balaban J connectivity index is 2.33. The van der Waals surface area contributed by atoms with E-state index in [-0.39, 0.29) is 10.7 Å². The lowest BCUT2D eigenvalue weighted by molar-refractivity contribution is 0.523. The molecule has 1 fully saturated rings. The molecule has 2 rings (SSSR count). The van der Waals surface area contributed by atoms with Crippen LogP contribution in [-0.4, -0.2) is 32.2 Å². The maximum atomic E-state index is 12.0. The number of rotatable bonds is 2. The summed E-state index contributed by atoms with van der Waals surface area (Å²) >= 11 is 0. The molecule has 0 spiro atoms. The number of amidine groups is 1. The normalized spacial score (nSPS) is 16.6. The number of hydrogen-bond acceptors (Lipinski definition) is 3. The van der Waals surface area contributed by atoms with Crippen molar-refractivity contribution in [3.8, 4) is 6.07 Å². The zero-order valence-corrected chi connectivity index (χ0v) is 10.6. The topological polar surface area (TPSA) is 73.5 Å². The lowest BCUT2D eigenvalue weighted by atomic mass is 10.4. The average molecular weight is 263 g/mol. The molecule has 0 aromatic heterocycles. The summed E-state index contributed by atoms with van der Waals surface area (Å²) in [6.07, 6.45) is 1.93. The van der Waals surface area contributed by atoms with Gasteiger partial charge in [0.2, 0.25) is 5.84 Å². The standard InChI is InChI=1S/C12H13N3O2S/c13-10-12(15-8-4-5-9-15)14-18(16,17)11-6-2-1-3-7-11/h1-3,6-7H,4-5,8-9H2/b14-12+. The lowest BCUT2D eigenvalue weighted by Gasteiger charge is -2.13. The highest BCUT2D eigenvalue weighted by Crippen LogP contribution is 2.14. The van der Waals surface area contributed by atoms with E-state index < -0.39 is 10.0 Å². The predicted molar refractivity (Wildman–Crippen MR) is 67.5 cm³/mol. The molecule has 1 saturated heterocycles. The molecule has 0 bridgehead atoms. The Kier molecular flexibility index (Phi) is 3.63. The van der Waals surface area contributed by atoms with E-state index in [1.807, 2.05) is 6.07 Å². The van der Waals surface area contributed by atoms with Gasteiger partial charge in [-0.25, -0.2) is 0 Å². The van der Waals surface area contributed by atoms with Crippen LogP contribution in [0.25, 0.3) is 0 Å². The number of benzene rings is 1. The van der Waals surface area contributed by atoms with Crippen LogP contribution in [0.2, 0.25) is 0 Å². The maximum Gasteiger partial charge on any atom is 0.284 e. The number of nitriles is 1. The second-order valence-electron chi connectivity index (χ2n) is 4.01. The fourth-order valence-corrected chi connectivity index (χ4v) is 2.83. The van der Waals surface area contributed by atoms with Gasteiger partial charge in [-0.3, -0.25) is 0 Å². The number of hydrogen-bond donors (Lipinski definition) is 0. The van der Waals surface area contributed by atoms with Crippen LogP contribution in [0.3, 0.4) is 0 Å². The summed E-state index contributed by atoms with van der Waals surface area (Å²) < 4.78 is 27.6. The molecule has 0 N–H and O–H groups in total. The van der Waals surface area contributed by atoms with Crippen LogP contribution >= 0.6 is 0 Å². The smallest absolute Gasteiger partial charge is 0.284 e. The van der Waals surface area contributed by atoms with Gasteiger partial charge in [0.25, 0.3) is 10.0 Å². The van der Waals surface area contributed by atoms with Crippen molar-refractivity contribution in [3.63, 3.8) is 0 Å². The molecule has 1 heterocycles. The third-order valence-corrected chi connectivity index (χ3v) is 4.03. The molecule has 0 unspecified atom stereocenters. The molecule has 0 amide bonds. The first kappa shape index (κ1) is 12.6. The molecular weight excluding hydrogens is 250 g/mol. The molecule has 0 saturated carbocycles. The highest BCUT2D eigenvalue weighted by molar-refractivity contribution is 7.90. The molecule has 1 aliphatic heterocycles. The molecule has 5 nitrogen and oxygen atoms in total. The molecule has 1 aliphatic rings. The van der Waals surface area contributed by atoms with E-state index in [1.165, 1.54) is 12.1 Å². The van der Waals surface area contributed by atoms with Gasteiger partial charge in [0.15, 0.2) is 0 Å². The van der Waals surface area contributed by atoms with Gasteiger partial charge in [0.05, 0.1) is 4.90 Å². The molecule has 1 aromatic carbocycles. The second kappa shape index (κ2) is 5.19. The van der Waals surface area contributed by atoms with Crippen molar-refractivity contribution < 1.29 is 8.42 Å². The minimum Gasteiger partial charge on any atom is -0.347 e. The van der Waals surface area contributed by atoms with Crippen molar-refractivity contribution in [2.45, 2.75) is 17.7 Å². The number of nitrogens with zero attached hydrogens (tertiary/aromatic N) is 3. The molecule has 18 heavy (non-hydrogen) atoms. The van der Waals surface area contributed by atoms with E-state index in [1.54, 1.807) is 23.1 Å². The summed E-state index contributed by atoms with van der Waals surface area (Å²) in [5, 5.41) is 9.01. The minimum absolute atomic E-state index is 0.0173. The Bertz CT molecular complexity index is 581. The molecule has 94 valence electrons. The zero-order chi connectivity index (χ0) is 13.0. The zero-order valence-electron chi connectivity index (χ0n) is 9.78. The average Bonchev–Trinajstić information content (AvgIpc) is 2.91.